The average Bonchev–Trinajstić information content (AvgIpc) is 2.99. The third-order valence-electron chi connectivity index (χ3n) is 4.07. The molecular formula is C21H21N3O4S. The second-order valence-electron chi connectivity index (χ2n) is 7.38. The minimum Gasteiger partial charge on any atom is -0.403 e. The highest BCUT2D eigenvalue weighted by Crippen LogP contribution is 2.43. The Kier molecular flexibility index (Phi) is 5.74. The van der Waals surface area contributed by atoms with Gasteiger partial charge in [0.15, 0.2) is 0 Å². The summed E-state index contributed by atoms with van der Waals surface area (Å²) in [7, 11) is 0. The van der Waals surface area contributed by atoms with E-state index in [0.717, 1.165) is 0 Å². The summed E-state index contributed by atoms with van der Waals surface area (Å²) >= 11 is 1.17. The van der Waals surface area contributed by atoms with Crippen molar-refractivity contribution in [2.45, 2.75) is 43.0 Å². The van der Waals surface area contributed by atoms with Crippen LogP contribution in [0.1, 0.15) is 36.8 Å². The number of hydrogen-bond donors (Lipinski definition) is 0. The molecule has 0 unspecified atom stereocenters. The SMILES string of the molecule is Cc1nn(C(C)(C)C)c(OC(=O)c2ccccc2)c1Sc1ccccc1[N+](=O)[O-]. The van der Waals surface area contributed by atoms with Gasteiger partial charge in [0.25, 0.3) is 5.69 Å². The molecule has 0 atom stereocenters. The molecule has 0 radical (unpaired) electrons. The van der Waals surface area contributed by atoms with E-state index < -0.39 is 16.4 Å². The molecule has 0 bridgehead atoms. The van der Waals surface area contributed by atoms with Gasteiger partial charge in [0, 0.05) is 6.07 Å². The molecule has 150 valence electrons. The highest BCUT2D eigenvalue weighted by molar-refractivity contribution is 7.99. The molecule has 0 N–H and O–H groups in total. The molecule has 1 heterocycles. The van der Waals surface area contributed by atoms with Gasteiger partial charge >= 0.3 is 5.97 Å². The molecule has 0 aliphatic carbocycles. The first-order chi connectivity index (χ1) is 13.7. The van der Waals surface area contributed by atoms with E-state index in [0.29, 0.717) is 21.0 Å². The summed E-state index contributed by atoms with van der Waals surface area (Å²) in [4.78, 5) is 24.7. The number of nitro groups is 1. The molecule has 0 saturated heterocycles. The summed E-state index contributed by atoms with van der Waals surface area (Å²) < 4.78 is 7.39. The lowest BCUT2D eigenvalue weighted by atomic mass is 10.1. The minimum absolute atomic E-state index is 0.0132. The van der Waals surface area contributed by atoms with Gasteiger partial charge < -0.3 is 4.74 Å². The van der Waals surface area contributed by atoms with E-state index in [1.807, 2.05) is 26.8 Å². The maximum atomic E-state index is 12.7. The first-order valence-corrected chi connectivity index (χ1v) is 9.78. The van der Waals surface area contributed by atoms with Crippen LogP contribution in [0, 0.1) is 17.0 Å². The fourth-order valence-electron chi connectivity index (χ4n) is 2.68. The molecule has 0 fully saturated rings. The Morgan fingerprint density at radius 1 is 1.10 bits per heavy atom. The average molecular weight is 411 g/mol. The normalized spacial score (nSPS) is 11.3. The van der Waals surface area contributed by atoms with Gasteiger partial charge in [-0.2, -0.15) is 5.10 Å². The lowest BCUT2D eigenvalue weighted by molar-refractivity contribution is -0.387. The van der Waals surface area contributed by atoms with Crippen LogP contribution in [-0.4, -0.2) is 20.7 Å². The standard InChI is InChI=1S/C21H21N3O4S/c1-14-18(29-17-13-9-8-12-16(17)24(26)27)19(23(22-14)21(2,3)4)28-20(25)15-10-6-5-7-11-15/h5-13H,1-4H3. The number of hydrogen-bond acceptors (Lipinski definition) is 6. The molecule has 0 saturated carbocycles. The predicted octanol–water partition coefficient (Wildman–Crippen LogP) is 5.23. The van der Waals surface area contributed by atoms with Gasteiger partial charge in [-0.1, -0.05) is 42.1 Å². The number of esters is 1. The molecule has 3 rings (SSSR count). The van der Waals surface area contributed by atoms with Gasteiger partial charge in [0.2, 0.25) is 5.88 Å². The first kappa shape index (κ1) is 20.6. The quantitative estimate of drug-likeness (QED) is 0.325. The maximum absolute atomic E-state index is 12.7. The molecule has 1 aromatic heterocycles. The lowest BCUT2D eigenvalue weighted by Gasteiger charge is -2.22. The number of ether oxygens (including phenoxy) is 1. The van der Waals surface area contributed by atoms with E-state index in [9.17, 15) is 14.9 Å². The van der Waals surface area contributed by atoms with E-state index in [2.05, 4.69) is 5.10 Å². The molecule has 0 aliphatic rings. The zero-order valence-corrected chi connectivity index (χ0v) is 17.4. The molecule has 0 spiro atoms. The summed E-state index contributed by atoms with van der Waals surface area (Å²) in [6.07, 6.45) is 0. The van der Waals surface area contributed by atoms with Crippen LogP contribution in [-0.2, 0) is 5.54 Å². The molecule has 2 aromatic carbocycles. The monoisotopic (exact) mass is 411 g/mol. The van der Waals surface area contributed by atoms with Gasteiger partial charge in [-0.3, -0.25) is 10.1 Å². The van der Waals surface area contributed by atoms with Crippen molar-refractivity contribution in [3.63, 3.8) is 0 Å². The van der Waals surface area contributed by atoms with Crippen molar-refractivity contribution in [3.8, 4) is 5.88 Å². The molecule has 8 heteroatoms. The fraction of sp³-hybridized carbons (Fsp3) is 0.238. The molecule has 0 amide bonds. The van der Waals surface area contributed by atoms with Crippen LogP contribution < -0.4 is 4.74 Å². The summed E-state index contributed by atoms with van der Waals surface area (Å²) in [5.41, 5.74) is 0.562. The number of aromatic nitrogens is 2. The number of benzene rings is 2. The number of para-hydroxylation sites is 1. The number of aryl methyl sites for hydroxylation is 1. The van der Waals surface area contributed by atoms with E-state index in [1.54, 1.807) is 54.1 Å². The number of carbonyl (C=O) groups excluding carboxylic acids is 1. The highest BCUT2D eigenvalue weighted by atomic mass is 32.2. The van der Waals surface area contributed by atoms with Gasteiger partial charge in [-0.05, 0) is 45.9 Å². The van der Waals surface area contributed by atoms with E-state index in [-0.39, 0.29) is 11.6 Å². The van der Waals surface area contributed by atoms with Gasteiger partial charge in [-0.15, -0.1) is 0 Å². The van der Waals surface area contributed by atoms with Gasteiger partial charge in [0.1, 0.15) is 0 Å². The van der Waals surface area contributed by atoms with Crippen LogP contribution in [0.25, 0.3) is 0 Å². The van der Waals surface area contributed by atoms with Crippen LogP contribution in [0.2, 0.25) is 0 Å². The predicted molar refractivity (Wildman–Crippen MR) is 111 cm³/mol. The molecule has 3 aromatic rings. The second-order valence-corrected chi connectivity index (χ2v) is 8.44. The Labute approximate surface area is 172 Å². The third kappa shape index (κ3) is 4.48. The third-order valence-corrected chi connectivity index (χ3v) is 5.31. The molecular weight excluding hydrogens is 390 g/mol. The summed E-state index contributed by atoms with van der Waals surface area (Å²) in [5, 5.41) is 15.9. The van der Waals surface area contributed by atoms with Crippen LogP contribution in [0.15, 0.2) is 64.4 Å². The van der Waals surface area contributed by atoms with E-state index >= 15 is 0 Å². The smallest absolute Gasteiger partial charge is 0.344 e. The van der Waals surface area contributed by atoms with Crippen LogP contribution in [0.4, 0.5) is 5.69 Å². The number of nitro benzene ring substituents is 1. The van der Waals surface area contributed by atoms with Crippen molar-refractivity contribution in [1.82, 2.24) is 9.78 Å². The molecule has 0 aliphatic heterocycles. The van der Waals surface area contributed by atoms with E-state index in [1.165, 1.54) is 17.8 Å². The number of rotatable bonds is 5. The topological polar surface area (TPSA) is 87.3 Å². The van der Waals surface area contributed by atoms with Crippen LogP contribution in [0.3, 0.4) is 0 Å². The van der Waals surface area contributed by atoms with Crippen molar-refractivity contribution in [2.24, 2.45) is 0 Å². The van der Waals surface area contributed by atoms with Crippen molar-refractivity contribution >= 4 is 23.4 Å². The molecule has 7 nitrogen and oxygen atoms in total. The zero-order chi connectivity index (χ0) is 21.2. The number of carbonyl (C=O) groups is 1. The second kappa shape index (κ2) is 8.08. The largest absolute Gasteiger partial charge is 0.403 e. The Hall–Kier alpha value is -3.13. The zero-order valence-electron chi connectivity index (χ0n) is 16.6. The van der Waals surface area contributed by atoms with Crippen LogP contribution in [0.5, 0.6) is 5.88 Å². The van der Waals surface area contributed by atoms with Crippen molar-refractivity contribution < 1.29 is 14.5 Å². The Bertz CT molecular complexity index is 1060. The molecule has 29 heavy (non-hydrogen) atoms. The van der Waals surface area contributed by atoms with Crippen molar-refractivity contribution in [2.75, 3.05) is 0 Å². The number of nitrogens with zero attached hydrogens (tertiary/aromatic N) is 3. The maximum Gasteiger partial charge on any atom is 0.344 e. The summed E-state index contributed by atoms with van der Waals surface area (Å²) in [6, 6.07) is 15.1. The van der Waals surface area contributed by atoms with Gasteiger partial charge in [-0.25, -0.2) is 9.48 Å². The van der Waals surface area contributed by atoms with Crippen molar-refractivity contribution in [3.05, 3.63) is 76.0 Å². The van der Waals surface area contributed by atoms with Crippen LogP contribution >= 0.6 is 11.8 Å². The summed E-state index contributed by atoms with van der Waals surface area (Å²) in [5.74, 6) is -0.243. The van der Waals surface area contributed by atoms with Gasteiger partial charge in [0.05, 0.1) is 31.5 Å². The Morgan fingerprint density at radius 2 is 1.72 bits per heavy atom. The van der Waals surface area contributed by atoms with E-state index in [4.69, 9.17) is 4.74 Å². The minimum atomic E-state index is -0.514. The first-order valence-electron chi connectivity index (χ1n) is 8.97. The Balaban J connectivity index is 2.07. The lowest BCUT2D eigenvalue weighted by Crippen LogP contribution is -2.25. The summed E-state index contributed by atoms with van der Waals surface area (Å²) in [6.45, 7) is 7.62. The highest BCUT2D eigenvalue weighted by Gasteiger charge is 2.29. The fourth-order valence-corrected chi connectivity index (χ4v) is 3.70. The van der Waals surface area contributed by atoms with Crippen molar-refractivity contribution in [1.29, 1.82) is 0 Å². The Morgan fingerprint density at radius 3 is 2.34 bits per heavy atom.